The third-order valence-electron chi connectivity index (χ3n) is 2.98. The van der Waals surface area contributed by atoms with Crippen LogP contribution in [0.15, 0.2) is 0 Å². The standard InChI is InChI=1S/C11H22N2O2/c1-2-3-9-6-10(12)8-13(7-9)5-4-11(14)15/h9-10H,2-8,12H2,1H3,(H,14,15). The number of carbonyl (C=O) groups is 1. The summed E-state index contributed by atoms with van der Waals surface area (Å²) in [6.45, 7) is 4.70. The van der Waals surface area contributed by atoms with E-state index < -0.39 is 5.97 Å². The molecule has 0 spiro atoms. The largest absolute Gasteiger partial charge is 0.481 e. The molecule has 1 heterocycles. The van der Waals surface area contributed by atoms with Crippen molar-refractivity contribution in [1.82, 2.24) is 4.90 Å². The van der Waals surface area contributed by atoms with E-state index in [9.17, 15) is 4.79 Å². The molecule has 2 atom stereocenters. The topological polar surface area (TPSA) is 66.6 Å². The number of nitrogens with two attached hydrogens (primary N) is 1. The fourth-order valence-electron chi connectivity index (χ4n) is 2.40. The summed E-state index contributed by atoms with van der Waals surface area (Å²) in [5.74, 6) is -0.0614. The van der Waals surface area contributed by atoms with Gasteiger partial charge in [0, 0.05) is 25.7 Å². The van der Waals surface area contributed by atoms with Crippen LogP contribution in [0.5, 0.6) is 0 Å². The number of likely N-dealkylation sites (tertiary alicyclic amines) is 1. The van der Waals surface area contributed by atoms with Crippen molar-refractivity contribution in [3.8, 4) is 0 Å². The third kappa shape index (κ3) is 4.62. The summed E-state index contributed by atoms with van der Waals surface area (Å²) in [5, 5.41) is 8.62. The monoisotopic (exact) mass is 214 g/mol. The Morgan fingerprint density at radius 2 is 2.27 bits per heavy atom. The normalized spacial score (nSPS) is 27.9. The molecular formula is C11H22N2O2. The van der Waals surface area contributed by atoms with Gasteiger partial charge in [0.15, 0.2) is 0 Å². The second-order valence-electron chi connectivity index (χ2n) is 4.55. The van der Waals surface area contributed by atoms with Crippen LogP contribution in [0.4, 0.5) is 0 Å². The second-order valence-corrected chi connectivity index (χ2v) is 4.55. The molecule has 1 fully saturated rings. The van der Waals surface area contributed by atoms with Crippen molar-refractivity contribution in [2.24, 2.45) is 11.7 Å². The number of hydrogen-bond donors (Lipinski definition) is 2. The molecular weight excluding hydrogens is 192 g/mol. The van der Waals surface area contributed by atoms with Crippen molar-refractivity contribution < 1.29 is 9.90 Å². The van der Waals surface area contributed by atoms with Crippen molar-refractivity contribution in [3.05, 3.63) is 0 Å². The molecule has 0 aromatic heterocycles. The zero-order valence-corrected chi connectivity index (χ0v) is 9.48. The average Bonchev–Trinajstić information content (AvgIpc) is 2.14. The molecule has 0 aromatic carbocycles. The van der Waals surface area contributed by atoms with Crippen LogP contribution in [0.2, 0.25) is 0 Å². The molecule has 1 rings (SSSR count). The Kier molecular flexibility index (Phi) is 5.05. The molecule has 1 aliphatic heterocycles. The SMILES string of the molecule is CCCC1CC(N)CN(CCC(=O)O)C1. The fraction of sp³-hybridized carbons (Fsp3) is 0.909. The molecule has 15 heavy (non-hydrogen) atoms. The van der Waals surface area contributed by atoms with Gasteiger partial charge in [0.25, 0.3) is 0 Å². The smallest absolute Gasteiger partial charge is 0.304 e. The lowest BCUT2D eigenvalue weighted by molar-refractivity contribution is -0.137. The zero-order chi connectivity index (χ0) is 11.3. The highest BCUT2D eigenvalue weighted by atomic mass is 16.4. The molecule has 3 N–H and O–H groups in total. The minimum Gasteiger partial charge on any atom is -0.481 e. The summed E-state index contributed by atoms with van der Waals surface area (Å²) >= 11 is 0. The van der Waals surface area contributed by atoms with E-state index in [2.05, 4.69) is 11.8 Å². The van der Waals surface area contributed by atoms with Gasteiger partial charge in [-0.25, -0.2) is 0 Å². The van der Waals surface area contributed by atoms with Crippen molar-refractivity contribution >= 4 is 5.97 Å². The van der Waals surface area contributed by atoms with Crippen LogP contribution in [-0.4, -0.2) is 41.7 Å². The first-order chi connectivity index (χ1) is 7.11. The molecule has 0 bridgehead atoms. The summed E-state index contributed by atoms with van der Waals surface area (Å²) in [4.78, 5) is 12.7. The van der Waals surface area contributed by atoms with Crippen LogP contribution in [0, 0.1) is 5.92 Å². The Morgan fingerprint density at radius 1 is 1.53 bits per heavy atom. The van der Waals surface area contributed by atoms with Gasteiger partial charge in [0.1, 0.15) is 0 Å². The second kappa shape index (κ2) is 6.08. The Hall–Kier alpha value is -0.610. The van der Waals surface area contributed by atoms with Gasteiger partial charge in [-0.3, -0.25) is 4.79 Å². The van der Waals surface area contributed by atoms with E-state index in [1.807, 2.05) is 0 Å². The number of carboxylic acid groups (broad SMARTS) is 1. The van der Waals surface area contributed by atoms with E-state index in [1.54, 1.807) is 0 Å². The molecule has 2 unspecified atom stereocenters. The molecule has 0 radical (unpaired) electrons. The maximum atomic E-state index is 10.5. The minimum atomic E-state index is -0.721. The highest BCUT2D eigenvalue weighted by molar-refractivity contribution is 5.66. The average molecular weight is 214 g/mol. The van der Waals surface area contributed by atoms with Crippen molar-refractivity contribution in [3.63, 3.8) is 0 Å². The molecule has 1 saturated heterocycles. The number of hydrogen-bond acceptors (Lipinski definition) is 3. The summed E-state index contributed by atoms with van der Waals surface area (Å²) in [6.07, 6.45) is 3.71. The van der Waals surface area contributed by atoms with Gasteiger partial charge < -0.3 is 15.7 Å². The maximum absolute atomic E-state index is 10.5. The minimum absolute atomic E-state index is 0.226. The summed E-state index contributed by atoms with van der Waals surface area (Å²) in [5.41, 5.74) is 5.96. The van der Waals surface area contributed by atoms with Gasteiger partial charge in [0.05, 0.1) is 6.42 Å². The van der Waals surface area contributed by atoms with Gasteiger partial charge in [0.2, 0.25) is 0 Å². The molecule has 0 aromatic rings. The van der Waals surface area contributed by atoms with Crippen molar-refractivity contribution in [1.29, 1.82) is 0 Å². The molecule has 88 valence electrons. The number of nitrogens with zero attached hydrogens (tertiary/aromatic N) is 1. The number of aliphatic carboxylic acids is 1. The Morgan fingerprint density at radius 3 is 2.87 bits per heavy atom. The lowest BCUT2D eigenvalue weighted by Gasteiger charge is -2.36. The first-order valence-electron chi connectivity index (χ1n) is 5.81. The van der Waals surface area contributed by atoms with Crippen LogP contribution in [-0.2, 0) is 4.79 Å². The van der Waals surface area contributed by atoms with Gasteiger partial charge in [-0.05, 0) is 18.8 Å². The number of rotatable bonds is 5. The highest BCUT2D eigenvalue weighted by Crippen LogP contribution is 2.20. The zero-order valence-electron chi connectivity index (χ0n) is 9.48. The van der Waals surface area contributed by atoms with Crippen LogP contribution in [0.3, 0.4) is 0 Å². The van der Waals surface area contributed by atoms with Crippen molar-refractivity contribution in [2.45, 2.75) is 38.6 Å². The lowest BCUT2D eigenvalue weighted by Crippen LogP contribution is -2.47. The maximum Gasteiger partial charge on any atom is 0.304 e. The van der Waals surface area contributed by atoms with Crippen LogP contribution in [0.25, 0.3) is 0 Å². The Labute approximate surface area is 91.4 Å². The van der Waals surface area contributed by atoms with E-state index in [0.29, 0.717) is 12.5 Å². The van der Waals surface area contributed by atoms with Crippen LogP contribution in [0.1, 0.15) is 32.6 Å². The molecule has 0 saturated carbocycles. The van der Waals surface area contributed by atoms with E-state index in [-0.39, 0.29) is 12.5 Å². The highest BCUT2D eigenvalue weighted by Gasteiger charge is 2.24. The van der Waals surface area contributed by atoms with Crippen LogP contribution >= 0.6 is 0 Å². The van der Waals surface area contributed by atoms with Crippen molar-refractivity contribution in [2.75, 3.05) is 19.6 Å². The summed E-state index contributed by atoms with van der Waals surface area (Å²) in [6, 6.07) is 0.226. The fourth-order valence-corrected chi connectivity index (χ4v) is 2.40. The molecule has 0 amide bonds. The Bertz CT molecular complexity index is 209. The molecule has 4 heteroatoms. The first-order valence-corrected chi connectivity index (χ1v) is 5.81. The van der Waals surface area contributed by atoms with Crippen LogP contribution < -0.4 is 5.73 Å². The predicted octanol–water partition coefficient (Wildman–Crippen LogP) is 0.910. The Balaban J connectivity index is 2.34. The van der Waals surface area contributed by atoms with Gasteiger partial charge in [-0.1, -0.05) is 13.3 Å². The van der Waals surface area contributed by atoms with Gasteiger partial charge >= 0.3 is 5.97 Å². The van der Waals surface area contributed by atoms with E-state index in [0.717, 1.165) is 19.5 Å². The summed E-state index contributed by atoms with van der Waals surface area (Å²) in [7, 11) is 0. The molecule has 4 nitrogen and oxygen atoms in total. The number of carboxylic acids is 1. The van der Waals surface area contributed by atoms with Gasteiger partial charge in [-0.2, -0.15) is 0 Å². The van der Waals surface area contributed by atoms with E-state index >= 15 is 0 Å². The first kappa shape index (κ1) is 12.5. The predicted molar refractivity (Wildman–Crippen MR) is 59.7 cm³/mol. The van der Waals surface area contributed by atoms with Gasteiger partial charge in [-0.15, -0.1) is 0 Å². The molecule has 0 aliphatic carbocycles. The lowest BCUT2D eigenvalue weighted by atomic mass is 9.91. The summed E-state index contributed by atoms with van der Waals surface area (Å²) < 4.78 is 0. The third-order valence-corrected chi connectivity index (χ3v) is 2.98. The number of piperidine rings is 1. The van der Waals surface area contributed by atoms with E-state index in [4.69, 9.17) is 10.8 Å². The van der Waals surface area contributed by atoms with E-state index in [1.165, 1.54) is 12.8 Å². The quantitative estimate of drug-likeness (QED) is 0.714. The molecule has 1 aliphatic rings.